The Hall–Kier alpha value is -4.43. The topological polar surface area (TPSA) is 57.2 Å². The molecule has 0 amide bonds. The first-order valence-electron chi connectivity index (χ1n) is 17.6. The zero-order valence-corrected chi connectivity index (χ0v) is 28.6. The van der Waals surface area contributed by atoms with Crippen molar-refractivity contribution in [3.63, 3.8) is 0 Å². The van der Waals surface area contributed by atoms with Crippen LogP contribution < -0.4 is 0 Å². The van der Waals surface area contributed by atoms with Gasteiger partial charge in [-0.2, -0.15) is 0 Å². The predicted molar refractivity (Wildman–Crippen MR) is 196 cm³/mol. The predicted octanol–water partition coefficient (Wildman–Crippen LogP) is 8.19. The van der Waals surface area contributed by atoms with Crippen molar-refractivity contribution in [1.82, 2.24) is 4.90 Å². The summed E-state index contributed by atoms with van der Waals surface area (Å²) in [5.74, 6) is 0.0685. The Morgan fingerprint density at radius 1 is 0.580 bits per heavy atom. The molecule has 4 atom stereocenters. The van der Waals surface area contributed by atoms with E-state index in [1.54, 1.807) is 0 Å². The molecule has 0 radical (unpaired) electrons. The molecule has 1 aliphatic rings. The van der Waals surface area contributed by atoms with Crippen LogP contribution in [0, 0.1) is 0 Å². The first kappa shape index (κ1) is 35.4. The van der Waals surface area contributed by atoms with E-state index in [2.05, 4.69) is 65.6 Å². The van der Waals surface area contributed by atoms with Crippen molar-refractivity contribution in [2.75, 3.05) is 13.2 Å². The molecule has 0 bridgehead atoms. The van der Waals surface area contributed by atoms with Crippen molar-refractivity contribution in [3.8, 4) is 0 Å². The van der Waals surface area contributed by atoms with Crippen molar-refractivity contribution < 1.29 is 23.7 Å². The lowest BCUT2D eigenvalue weighted by Crippen LogP contribution is -2.54. The highest BCUT2D eigenvalue weighted by atomic mass is 16.6. The van der Waals surface area contributed by atoms with Crippen LogP contribution in [0.15, 0.2) is 152 Å². The van der Waals surface area contributed by atoms with E-state index in [0.29, 0.717) is 39.2 Å². The fourth-order valence-electron chi connectivity index (χ4n) is 6.39. The molecule has 258 valence electrons. The van der Waals surface area contributed by atoms with Gasteiger partial charge in [-0.05, 0) is 27.8 Å². The fraction of sp³-hybridized carbons (Fsp3) is 0.295. The molecule has 0 unspecified atom stereocenters. The summed E-state index contributed by atoms with van der Waals surface area (Å²) in [6.45, 7) is 3.65. The molecule has 1 aliphatic heterocycles. The van der Waals surface area contributed by atoms with Crippen molar-refractivity contribution in [1.29, 1.82) is 0 Å². The molecule has 0 aromatic heterocycles. The summed E-state index contributed by atoms with van der Waals surface area (Å²) >= 11 is 0. The molecule has 0 saturated carbocycles. The van der Waals surface area contributed by atoms with Gasteiger partial charge in [-0.15, -0.1) is 0 Å². The second-order valence-corrected chi connectivity index (χ2v) is 12.9. The van der Waals surface area contributed by atoms with Gasteiger partial charge in [0.15, 0.2) is 5.78 Å². The molecule has 0 aliphatic carbocycles. The van der Waals surface area contributed by atoms with E-state index in [4.69, 9.17) is 18.9 Å². The van der Waals surface area contributed by atoms with Crippen LogP contribution in [0.2, 0.25) is 0 Å². The van der Waals surface area contributed by atoms with Gasteiger partial charge in [-0.1, -0.05) is 152 Å². The molecule has 5 aromatic carbocycles. The zero-order chi connectivity index (χ0) is 34.2. The van der Waals surface area contributed by atoms with Gasteiger partial charge >= 0.3 is 0 Å². The lowest BCUT2D eigenvalue weighted by molar-refractivity contribution is -0.219. The molecule has 1 saturated heterocycles. The van der Waals surface area contributed by atoms with Gasteiger partial charge in [0.05, 0.1) is 32.5 Å². The van der Waals surface area contributed by atoms with Crippen molar-refractivity contribution in [2.45, 2.75) is 70.2 Å². The Labute approximate surface area is 296 Å². The van der Waals surface area contributed by atoms with Crippen molar-refractivity contribution in [2.24, 2.45) is 0 Å². The Bertz CT molecular complexity index is 1630. The number of rotatable bonds is 18. The molecule has 0 N–H and O–H groups in total. The zero-order valence-electron chi connectivity index (χ0n) is 28.6. The van der Waals surface area contributed by atoms with Crippen LogP contribution in [-0.4, -0.2) is 48.3 Å². The van der Waals surface area contributed by atoms with E-state index in [1.165, 1.54) is 11.1 Å². The highest BCUT2D eigenvalue weighted by Gasteiger charge is 2.43. The lowest BCUT2D eigenvalue weighted by atomic mass is 9.94. The third-order valence-electron chi connectivity index (χ3n) is 9.04. The Kier molecular flexibility index (Phi) is 13.5. The molecule has 50 heavy (non-hydrogen) atoms. The normalized spacial score (nSPS) is 19.0. The Balaban J connectivity index is 1.18. The number of Topliss-reactive ketones (excluding diaryl/α,β-unsaturated/α-hetero) is 1. The first-order valence-corrected chi connectivity index (χ1v) is 17.6. The molecular weight excluding hydrogens is 622 g/mol. The largest absolute Gasteiger partial charge is 0.374 e. The minimum absolute atomic E-state index is 0.0685. The molecule has 6 rings (SSSR count). The molecule has 1 fully saturated rings. The van der Waals surface area contributed by atoms with E-state index in [-0.39, 0.29) is 18.5 Å². The van der Waals surface area contributed by atoms with Gasteiger partial charge in [-0.3, -0.25) is 9.69 Å². The number of carbonyl (C=O) groups is 1. The number of hydrogen-bond acceptors (Lipinski definition) is 6. The first-order chi connectivity index (χ1) is 24.7. The number of ketones is 1. The van der Waals surface area contributed by atoms with Crippen LogP contribution in [-0.2, 0) is 56.7 Å². The maximum atomic E-state index is 14.1. The van der Waals surface area contributed by atoms with Crippen LogP contribution in [0.4, 0.5) is 0 Å². The van der Waals surface area contributed by atoms with Crippen LogP contribution >= 0.6 is 0 Å². The number of nitrogens with zero attached hydrogens (tertiary/aromatic N) is 1. The maximum absolute atomic E-state index is 14.1. The molecule has 6 nitrogen and oxygen atoms in total. The molecule has 1 heterocycles. The lowest BCUT2D eigenvalue weighted by Gasteiger charge is -2.41. The van der Waals surface area contributed by atoms with E-state index in [1.807, 2.05) is 91.0 Å². The van der Waals surface area contributed by atoms with Crippen molar-refractivity contribution >= 4 is 5.78 Å². The second-order valence-electron chi connectivity index (χ2n) is 12.9. The highest BCUT2D eigenvalue weighted by molar-refractivity contribution is 5.83. The maximum Gasteiger partial charge on any atom is 0.162 e. The summed E-state index contributed by atoms with van der Waals surface area (Å²) in [7, 11) is 0. The Morgan fingerprint density at radius 2 is 1.02 bits per heavy atom. The van der Waals surface area contributed by atoms with Gasteiger partial charge in [0, 0.05) is 32.5 Å². The summed E-state index contributed by atoms with van der Waals surface area (Å²) < 4.78 is 26.1. The number of hydrogen-bond donors (Lipinski definition) is 0. The minimum Gasteiger partial charge on any atom is -0.374 e. The summed E-state index contributed by atoms with van der Waals surface area (Å²) in [6.07, 6.45) is -1.13. The molecule has 0 spiro atoms. The third kappa shape index (κ3) is 11.0. The average Bonchev–Trinajstić information content (AvgIpc) is 3.17. The van der Waals surface area contributed by atoms with Gasteiger partial charge < -0.3 is 18.9 Å². The van der Waals surface area contributed by atoms with Gasteiger partial charge in [-0.25, -0.2) is 0 Å². The van der Waals surface area contributed by atoms with E-state index < -0.39 is 18.3 Å². The summed E-state index contributed by atoms with van der Waals surface area (Å²) in [5.41, 5.74) is 5.64. The molecule has 6 heteroatoms. The highest BCUT2D eigenvalue weighted by Crippen LogP contribution is 2.29. The summed E-state index contributed by atoms with van der Waals surface area (Å²) in [5, 5.41) is 0. The fourth-order valence-corrected chi connectivity index (χ4v) is 6.39. The standard InChI is InChI=1S/C44H47NO5/c46-40(26-27-45(29-35-16-6-1-7-17-35)30-36-18-8-2-9-19-36)41-28-42(48-32-38-22-12-4-13-23-38)44(49-33-39-24-14-5-15-25-39)43(50-41)34-47-31-37-20-10-3-11-21-37/h1-25,41-44H,26-34H2/t41-,42+,43+,44-/m0/s1. The Morgan fingerprint density at radius 3 is 1.52 bits per heavy atom. The monoisotopic (exact) mass is 669 g/mol. The minimum atomic E-state index is -0.632. The van der Waals surface area contributed by atoms with Gasteiger partial charge in [0.2, 0.25) is 0 Å². The molecule has 5 aromatic rings. The number of carbonyl (C=O) groups excluding carboxylic acids is 1. The van der Waals surface area contributed by atoms with Gasteiger partial charge in [0.25, 0.3) is 0 Å². The van der Waals surface area contributed by atoms with Crippen LogP contribution in [0.1, 0.15) is 40.7 Å². The summed E-state index contributed by atoms with van der Waals surface area (Å²) in [6, 6.07) is 51.1. The second kappa shape index (κ2) is 19.1. The van der Waals surface area contributed by atoms with Crippen LogP contribution in [0.5, 0.6) is 0 Å². The van der Waals surface area contributed by atoms with E-state index in [9.17, 15) is 4.79 Å². The smallest absolute Gasteiger partial charge is 0.162 e. The quantitative estimate of drug-likeness (QED) is 0.0938. The average molecular weight is 670 g/mol. The summed E-state index contributed by atoms with van der Waals surface area (Å²) in [4.78, 5) is 16.4. The molecular formula is C44H47NO5. The number of ether oxygens (including phenoxy) is 4. The van der Waals surface area contributed by atoms with E-state index >= 15 is 0 Å². The SMILES string of the molecule is O=C(CCN(Cc1ccccc1)Cc1ccccc1)[C@@H]1C[C@@H](OCc2ccccc2)[C@H](OCc2ccccc2)[C@@H](COCc2ccccc2)O1. The third-order valence-corrected chi connectivity index (χ3v) is 9.04. The van der Waals surface area contributed by atoms with Crippen molar-refractivity contribution in [3.05, 3.63) is 179 Å². The van der Waals surface area contributed by atoms with E-state index in [0.717, 1.165) is 29.8 Å². The van der Waals surface area contributed by atoms with Gasteiger partial charge in [0.1, 0.15) is 18.3 Å². The number of benzene rings is 5. The van der Waals surface area contributed by atoms with Crippen LogP contribution in [0.3, 0.4) is 0 Å². The van der Waals surface area contributed by atoms with Crippen LogP contribution in [0.25, 0.3) is 0 Å².